The van der Waals surface area contributed by atoms with E-state index in [1.807, 2.05) is 42.5 Å². The molecule has 2 rings (SSSR count). The van der Waals surface area contributed by atoms with Crippen LogP contribution in [0.3, 0.4) is 0 Å². The number of aryl methyl sites for hydroxylation is 1. The molecule has 0 bridgehead atoms. The Morgan fingerprint density at radius 3 is 1.95 bits per heavy atom. The lowest BCUT2D eigenvalue weighted by molar-refractivity contribution is -0.0240. The van der Waals surface area contributed by atoms with Gasteiger partial charge >= 0.3 is 7.82 Å². The number of hydrogen-bond acceptors (Lipinski definition) is 5. The Kier molecular flexibility index (Phi) is 19.6. The van der Waals surface area contributed by atoms with Crippen molar-refractivity contribution in [3.8, 4) is 5.75 Å². The number of ether oxygens (including phenoxy) is 2. The molecule has 2 aromatic rings. The zero-order chi connectivity index (χ0) is 28.7. The molecular weight excluding hydrogens is 591 g/mol. The maximum atomic E-state index is 12.1. The molecule has 0 saturated heterocycles. The van der Waals surface area contributed by atoms with E-state index in [2.05, 4.69) is 35.0 Å². The number of phosphoric ester groups is 1. The highest BCUT2D eigenvalue weighted by Gasteiger charge is 2.24. The van der Waals surface area contributed by atoms with E-state index in [0.717, 1.165) is 17.7 Å². The summed E-state index contributed by atoms with van der Waals surface area (Å²) < 4.78 is 34.0. The van der Waals surface area contributed by atoms with Gasteiger partial charge in [0.15, 0.2) is 0 Å². The second-order valence-corrected chi connectivity index (χ2v) is 12.5. The number of rotatable bonds is 25. The Morgan fingerprint density at radius 2 is 1.35 bits per heavy atom. The van der Waals surface area contributed by atoms with Gasteiger partial charge in [-0.25, -0.2) is 4.57 Å². The van der Waals surface area contributed by atoms with E-state index in [9.17, 15) is 9.46 Å². The molecule has 0 radical (unpaired) electrons. The number of alkyl halides is 1. The van der Waals surface area contributed by atoms with Crippen LogP contribution in [-0.4, -0.2) is 36.1 Å². The van der Waals surface area contributed by atoms with Gasteiger partial charge in [0.25, 0.3) is 0 Å². The summed E-state index contributed by atoms with van der Waals surface area (Å²) in [6, 6.07) is 17.9. The van der Waals surface area contributed by atoms with E-state index in [-0.39, 0.29) is 19.8 Å². The van der Waals surface area contributed by atoms with Crippen LogP contribution in [0.15, 0.2) is 54.6 Å². The van der Waals surface area contributed by atoms with Crippen LogP contribution in [0.2, 0.25) is 0 Å². The molecule has 6 nitrogen and oxygen atoms in total. The molecule has 8 heteroatoms. The average molecular weight is 642 g/mol. The lowest BCUT2D eigenvalue weighted by Crippen LogP contribution is -2.27. The summed E-state index contributed by atoms with van der Waals surface area (Å²) in [7, 11) is -4.16. The third-order valence-corrected chi connectivity index (χ3v) is 8.07. The van der Waals surface area contributed by atoms with E-state index in [4.69, 9.17) is 18.5 Å². The fraction of sp³-hybridized carbons (Fsp3) is 0.625. The fourth-order valence-corrected chi connectivity index (χ4v) is 5.57. The Balaban J connectivity index is 1.67. The highest BCUT2D eigenvalue weighted by atomic mass is 79.9. The predicted octanol–water partition coefficient (Wildman–Crippen LogP) is 9.42. The molecule has 0 fully saturated rings. The normalized spacial score (nSPS) is 13.7. The predicted molar refractivity (Wildman–Crippen MR) is 167 cm³/mol. The van der Waals surface area contributed by atoms with Crippen LogP contribution in [-0.2, 0) is 31.4 Å². The second-order valence-electron chi connectivity index (χ2n) is 10.3. The summed E-state index contributed by atoms with van der Waals surface area (Å²) in [5.41, 5.74) is 2.31. The molecule has 2 aromatic carbocycles. The van der Waals surface area contributed by atoms with Crippen LogP contribution < -0.4 is 4.74 Å². The lowest BCUT2D eigenvalue weighted by atomic mass is 10.0. The van der Waals surface area contributed by atoms with Gasteiger partial charge in [-0.05, 0) is 36.1 Å². The molecule has 0 aromatic heterocycles. The fourth-order valence-electron chi connectivity index (χ4n) is 4.41. The van der Waals surface area contributed by atoms with Crippen molar-refractivity contribution < 1.29 is 28.0 Å². The van der Waals surface area contributed by atoms with Gasteiger partial charge < -0.3 is 14.4 Å². The highest BCUT2D eigenvalue weighted by Crippen LogP contribution is 2.43. The number of halogens is 1. The first-order chi connectivity index (χ1) is 19.5. The molecule has 0 saturated carbocycles. The highest BCUT2D eigenvalue weighted by molar-refractivity contribution is 9.09. The Bertz CT molecular complexity index is 911. The first-order valence-electron chi connectivity index (χ1n) is 15.1. The second kappa shape index (κ2) is 22.4. The monoisotopic (exact) mass is 640 g/mol. The van der Waals surface area contributed by atoms with Gasteiger partial charge in [-0.2, -0.15) is 0 Å². The molecule has 226 valence electrons. The van der Waals surface area contributed by atoms with Crippen molar-refractivity contribution in [3.05, 3.63) is 65.7 Å². The zero-order valence-electron chi connectivity index (χ0n) is 24.3. The third-order valence-electron chi connectivity index (χ3n) is 6.76. The van der Waals surface area contributed by atoms with Crippen molar-refractivity contribution >= 4 is 23.8 Å². The van der Waals surface area contributed by atoms with Crippen LogP contribution in [0.5, 0.6) is 5.75 Å². The Morgan fingerprint density at radius 1 is 0.750 bits per heavy atom. The van der Waals surface area contributed by atoms with Crippen LogP contribution >= 0.6 is 23.8 Å². The van der Waals surface area contributed by atoms with E-state index in [1.54, 1.807) is 0 Å². The van der Waals surface area contributed by atoms with Gasteiger partial charge in [0.1, 0.15) is 18.5 Å². The van der Waals surface area contributed by atoms with Crippen molar-refractivity contribution in [2.24, 2.45) is 0 Å². The van der Waals surface area contributed by atoms with E-state index in [0.29, 0.717) is 11.9 Å². The molecule has 40 heavy (non-hydrogen) atoms. The maximum Gasteiger partial charge on any atom is 0.472 e. The van der Waals surface area contributed by atoms with Gasteiger partial charge in [-0.15, -0.1) is 0 Å². The smallest absolute Gasteiger partial charge is 0.472 e. The molecule has 1 N–H and O–H groups in total. The molecule has 0 aliphatic carbocycles. The standard InChI is InChI=1S/C32H50BrO6P/c1-2-3-4-5-6-7-8-9-10-11-12-14-17-29-20-22-31(23-21-29)37-27-32(28-39-40(34,35)38-25-24-33)36-26-30-18-15-13-16-19-30/h13,15-16,18-23,32H,2-12,14,17,24-28H2,1H3,(H,34,35). The third kappa shape index (κ3) is 17.6. The molecule has 2 atom stereocenters. The molecular formula is C32H50BrO6P. The molecule has 0 spiro atoms. The van der Waals surface area contributed by atoms with Gasteiger partial charge in [-0.1, -0.05) is 136 Å². The molecule has 2 unspecified atom stereocenters. The number of unbranched alkanes of at least 4 members (excludes halogenated alkanes) is 11. The first-order valence-corrected chi connectivity index (χ1v) is 17.7. The van der Waals surface area contributed by atoms with Crippen molar-refractivity contribution in [2.75, 3.05) is 25.2 Å². The first kappa shape index (κ1) is 35.0. The number of benzene rings is 2. The Hall–Kier alpha value is -1.21. The maximum absolute atomic E-state index is 12.1. The largest absolute Gasteiger partial charge is 0.491 e. The quantitative estimate of drug-likeness (QED) is 0.0662. The van der Waals surface area contributed by atoms with Crippen molar-refractivity contribution in [1.29, 1.82) is 0 Å². The zero-order valence-corrected chi connectivity index (χ0v) is 26.8. The van der Waals surface area contributed by atoms with Crippen molar-refractivity contribution in [3.63, 3.8) is 0 Å². The van der Waals surface area contributed by atoms with Gasteiger partial charge in [0, 0.05) is 5.33 Å². The summed E-state index contributed by atoms with van der Waals surface area (Å²) in [5.74, 6) is 0.731. The van der Waals surface area contributed by atoms with Gasteiger partial charge in [0.05, 0.1) is 19.8 Å². The van der Waals surface area contributed by atoms with E-state index >= 15 is 0 Å². The molecule has 0 amide bonds. The van der Waals surface area contributed by atoms with Gasteiger partial charge in [-0.3, -0.25) is 9.05 Å². The summed E-state index contributed by atoms with van der Waals surface area (Å²) in [4.78, 5) is 9.88. The minimum absolute atomic E-state index is 0.0748. The van der Waals surface area contributed by atoms with Crippen LogP contribution in [0.25, 0.3) is 0 Å². The minimum atomic E-state index is -4.16. The van der Waals surface area contributed by atoms with E-state index in [1.165, 1.54) is 82.6 Å². The van der Waals surface area contributed by atoms with Crippen LogP contribution in [0.1, 0.15) is 95.1 Å². The molecule has 0 aliphatic rings. The summed E-state index contributed by atoms with van der Waals surface area (Å²) in [6.45, 7) is 2.75. The van der Waals surface area contributed by atoms with Crippen molar-refractivity contribution in [1.82, 2.24) is 0 Å². The number of hydrogen-bond donors (Lipinski definition) is 1. The SMILES string of the molecule is CCCCCCCCCCCCCCc1ccc(OCC(COP(=O)(O)OCCBr)OCc2ccccc2)cc1. The summed E-state index contributed by atoms with van der Waals surface area (Å²) in [6.07, 6.45) is 16.8. The minimum Gasteiger partial charge on any atom is -0.491 e. The lowest BCUT2D eigenvalue weighted by Gasteiger charge is -2.20. The molecule has 0 aliphatic heterocycles. The van der Waals surface area contributed by atoms with Crippen LogP contribution in [0.4, 0.5) is 0 Å². The van der Waals surface area contributed by atoms with Crippen molar-refractivity contribution in [2.45, 2.75) is 103 Å². The topological polar surface area (TPSA) is 74.2 Å². The average Bonchev–Trinajstić information content (AvgIpc) is 2.97. The Labute approximate surface area is 250 Å². The number of phosphoric acid groups is 1. The van der Waals surface area contributed by atoms with Gasteiger partial charge in [0.2, 0.25) is 0 Å². The molecule has 0 heterocycles. The summed E-state index contributed by atoms with van der Waals surface area (Å²) >= 11 is 3.17. The summed E-state index contributed by atoms with van der Waals surface area (Å²) in [5, 5.41) is 0.438. The van der Waals surface area contributed by atoms with Crippen LogP contribution in [0, 0.1) is 0 Å². The van der Waals surface area contributed by atoms with E-state index < -0.39 is 13.9 Å².